The van der Waals surface area contributed by atoms with Crippen molar-refractivity contribution in [2.24, 2.45) is 0 Å². The maximum atomic E-state index is 12.0. The first-order chi connectivity index (χ1) is 9.08. The molecule has 0 saturated carbocycles. The number of halogens is 1. The smallest absolute Gasteiger partial charge is 0.252 e. The minimum atomic E-state index is -0.291. The number of hydrogen-bond donors (Lipinski definition) is 2. The van der Waals surface area contributed by atoms with Crippen LogP contribution in [-0.4, -0.2) is 10.9 Å². The fraction of sp³-hybridized carbons (Fsp3) is 0.143. The summed E-state index contributed by atoms with van der Waals surface area (Å²) < 4.78 is 0.939. The molecule has 1 aromatic carbocycles. The lowest BCUT2D eigenvalue weighted by Gasteiger charge is -2.15. The van der Waals surface area contributed by atoms with Gasteiger partial charge in [0.2, 0.25) is 5.56 Å². The van der Waals surface area contributed by atoms with Crippen LogP contribution in [0.25, 0.3) is 0 Å². The normalized spacial score (nSPS) is 11.9. The van der Waals surface area contributed by atoms with Crippen LogP contribution in [0.3, 0.4) is 0 Å². The quantitative estimate of drug-likeness (QED) is 0.913. The van der Waals surface area contributed by atoms with Gasteiger partial charge in [-0.3, -0.25) is 9.59 Å². The number of H-pyrrole nitrogens is 1. The summed E-state index contributed by atoms with van der Waals surface area (Å²) in [5, 5.41) is 2.86. The third-order valence-corrected chi connectivity index (χ3v) is 3.48. The molecule has 2 aromatic rings. The fourth-order valence-electron chi connectivity index (χ4n) is 1.77. The predicted molar refractivity (Wildman–Crippen MR) is 77.1 cm³/mol. The number of carbonyl (C=O) groups is 1. The number of carbonyl (C=O) groups excluding carboxylic acids is 1. The van der Waals surface area contributed by atoms with E-state index in [4.69, 9.17) is 0 Å². The number of aromatic nitrogens is 1. The van der Waals surface area contributed by atoms with Crippen LogP contribution in [0.4, 0.5) is 0 Å². The van der Waals surface area contributed by atoms with E-state index in [-0.39, 0.29) is 17.5 Å². The van der Waals surface area contributed by atoms with Crippen molar-refractivity contribution in [2.45, 2.75) is 13.0 Å². The highest BCUT2D eigenvalue weighted by Crippen LogP contribution is 2.22. The SMILES string of the molecule is CC(NC(=O)c1cc[nH]c(=O)c1)c1ccccc1Br. The Balaban J connectivity index is 2.16. The van der Waals surface area contributed by atoms with Crippen LogP contribution < -0.4 is 10.9 Å². The molecule has 1 aromatic heterocycles. The molecule has 0 fully saturated rings. The Morgan fingerprint density at radius 3 is 2.74 bits per heavy atom. The van der Waals surface area contributed by atoms with Crippen molar-refractivity contribution < 1.29 is 4.79 Å². The second-order valence-corrected chi connectivity index (χ2v) is 5.01. The number of aromatic amines is 1. The summed E-state index contributed by atoms with van der Waals surface area (Å²) in [5.41, 5.74) is 1.05. The fourth-order valence-corrected chi connectivity index (χ4v) is 2.40. The van der Waals surface area contributed by atoms with Crippen molar-refractivity contribution in [3.05, 3.63) is 68.5 Å². The summed E-state index contributed by atoms with van der Waals surface area (Å²) in [6.45, 7) is 1.89. The number of benzene rings is 1. The average Bonchev–Trinajstić information content (AvgIpc) is 2.39. The number of pyridine rings is 1. The Morgan fingerprint density at radius 1 is 1.32 bits per heavy atom. The van der Waals surface area contributed by atoms with E-state index in [9.17, 15) is 9.59 Å². The third kappa shape index (κ3) is 3.32. The monoisotopic (exact) mass is 320 g/mol. The van der Waals surface area contributed by atoms with Gasteiger partial charge < -0.3 is 10.3 Å². The number of rotatable bonds is 3. The summed E-state index contributed by atoms with van der Waals surface area (Å²) in [7, 11) is 0. The zero-order valence-corrected chi connectivity index (χ0v) is 11.9. The highest BCUT2D eigenvalue weighted by atomic mass is 79.9. The number of nitrogens with one attached hydrogen (secondary N) is 2. The molecule has 1 amide bonds. The lowest BCUT2D eigenvalue weighted by atomic mass is 10.1. The van der Waals surface area contributed by atoms with Crippen LogP contribution in [0.5, 0.6) is 0 Å². The molecule has 0 aliphatic rings. The predicted octanol–water partition coefficient (Wildman–Crippen LogP) is 2.63. The molecule has 0 radical (unpaired) electrons. The maximum Gasteiger partial charge on any atom is 0.252 e. The van der Waals surface area contributed by atoms with E-state index in [0.29, 0.717) is 5.56 Å². The third-order valence-electron chi connectivity index (χ3n) is 2.76. The summed E-state index contributed by atoms with van der Waals surface area (Å²) in [6, 6.07) is 10.4. The number of hydrogen-bond acceptors (Lipinski definition) is 2. The Bertz CT molecular complexity index is 652. The van der Waals surface area contributed by atoms with Crippen LogP contribution in [0.1, 0.15) is 28.9 Å². The zero-order chi connectivity index (χ0) is 13.8. The van der Waals surface area contributed by atoms with Gasteiger partial charge in [-0.25, -0.2) is 0 Å². The molecular weight excluding hydrogens is 308 g/mol. The molecule has 1 heterocycles. The van der Waals surface area contributed by atoms with Crippen LogP contribution in [0.2, 0.25) is 0 Å². The molecular formula is C14H13BrN2O2. The molecule has 0 saturated heterocycles. The van der Waals surface area contributed by atoms with E-state index in [1.54, 1.807) is 6.07 Å². The van der Waals surface area contributed by atoms with Gasteiger partial charge in [0, 0.05) is 22.3 Å². The summed E-state index contributed by atoms with van der Waals surface area (Å²) in [5.74, 6) is -0.269. The lowest BCUT2D eigenvalue weighted by molar-refractivity contribution is 0.0939. The van der Waals surface area contributed by atoms with Gasteiger partial charge in [0.15, 0.2) is 0 Å². The van der Waals surface area contributed by atoms with Crippen molar-refractivity contribution in [1.29, 1.82) is 0 Å². The summed E-state index contributed by atoms with van der Waals surface area (Å²) in [4.78, 5) is 25.7. The molecule has 98 valence electrons. The topological polar surface area (TPSA) is 62.0 Å². The van der Waals surface area contributed by atoms with Gasteiger partial charge in [-0.05, 0) is 24.6 Å². The van der Waals surface area contributed by atoms with Gasteiger partial charge >= 0.3 is 0 Å². The van der Waals surface area contributed by atoms with Crippen LogP contribution in [0, 0.1) is 0 Å². The van der Waals surface area contributed by atoms with Gasteiger partial charge in [0.25, 0.3) is 5.91 Å². The highest BCUT2D eigenvalue weighted by molar-refractivity contribution is 9.10. The molecule has 0 aliphatic heterocycles. The molecule has 4 nitrogen and oxygen atoms in total. The Hall–Kier alpha value is -1.88. The summed E-state index contributed by atoms with van der Waals surface area (Å²) >= 11 is 3.45. The molecule has 0 spiro atoms. The molecule has 19 heavy (non-hydrogen) atoms. The molecule has 0 bridgehead atoms. The van der Waals surface area contributed by atoms with Gasteiger partial charge in [-0.15, -0.1) is 0 Å². The van der Waals surface area contributed by atoms with Crippen molar-refractivity contribution in [3.63, 3.8) is 0 Å². The minimum absolute atomic E-state index is 0.151. The second-order valence-electron chi connectivity index (χ2n) is 4.16. The lowest BCUT2D eigenvalue weighted by Crippen LogP contribution is -2.27. The first-order valence-corrected chi connectivity index (χ1v) is 6.61. The van der Waals surface area contributed by atoms with Gasteiger partial charge in [0.1, 0.15) is 0 Å². The Morgan fingerprint density at radius 2 is 2.05 bits per heavy atom. The molecule has 1 atom stereocenters. The molecule has 0 aliphatic carbocycles. The van der Waals surface area contributed by atoms with Crippen molar-refractivity contribution >= 4 is 21.8 Å². The van der Waals surface area contributed by atoms with Gasteiger partial charge in [0.05, 0.1) is 6.04 Å². The van der Waals surface area contributed by atoms with Gasteiger partial charge in [-0.2, -0.15) is 0 Å². The van der Waals surface area contributed by atoms with E-state index in [2.05, 4.69) is 26.2 Å². The van der Waals surface area contributed by atoms with Crippen LogP contribution in [0.15, 0.2) is 51.9 Å². The van der Waals surface area contributed by atoms with E-state index in [1.165, 1.54) is 12.3 Å². The van der Waals surface area contributed by atoms with Crippen molar-refractivity contribution in [1.82, 2.24) is 10.3 Å². The first kappa shape index (κ1) is 13.5. The van der Waals surface area contributed by atoms with Gasteiger partial charge in [-0.1, -0.05) is 34.1 Å². The standard InChI is InChI=1S/C14H13BrN2O2/c1-9(11-4-2-3-5-12(11)15)17-14(19)10-6-7-16-13(18)8-10/h2-9H,1H3,(H,16,18)(H,17,19). The number of amides is 1. The first-order valence-electron chi connectivity index (χ1n) is 5.82. The largest absolute Gasteiger partial charge is 0.345 e. The van der Waals surface area contributed by atoms with E-state index < -0.39 is 0 Å². The molecule has 1 unspecified atom stereocenters. The molecule has 2 rings (SSSR count). The van der Waals surface area contributed by atoms with Crippen LogP contribution in [-0.2, 0) is 0 Å². The molecule has 5 heteroatoms. The Labute approximate surface area is 119 Å². The minimum Gasteiger partial charge on any atom is -0.345 e. The summed E-state index contributed by atoms with van der Waals surface area (Å²) in [6.07, 6.45) is 1.46. The van der Waals surface area contributed by atoms with Crippen molar-refractivity contribution in [2.75, 3.05) is 0 Å². The van der Waals surface area contributed by atoms with Crippen LogP contribution >= 0.6 is 15.9 Å². The van der Waals surface area contributed by atoms with E-state index in [1.807, 2.05) is 31.2 Å². The maximum absolute atomic E-state index is 12.0. The Kier molecular flexibility index (Phi) is 4.16. The zero-order valence-electron chi connectivity index (χ0n) is 10.3. The second kappa shape index (κ2) is 5.84. The molecule has 2 N–H and O–H groups in total. The highest BCUT2D eigenvalue weighted by Gasteiger charge is 2.13. The van der Waals surface area contributed by atoms with E-state index >= 15 is 0 Å². The average molecular weight is 321 g/mol. The van der Waals surface area contributed by atoms with E-state index in [0.717, 1.165) is 10.0 Å². The van der Waals surface area contributed by atoms with Crippen molar-refractivity contribution in [3.8, 4) is 0 Å².